The summed E-state index contributed by atoms with van der Waals surface area (Å²) in [5.41, 5.74) is 2.19. The zero-order valence-electron chi connectivity index (χ0n) is 6.97. The van der Waals surface area contributed by atoms with Gasteiger partial charge in [0.05, 0.1) is 12.5 Å². The van der Waals surface area contributed by atoms with E-state index in [1.165, 1.54) is 5.56 Å². The molecule has 0 saturated carbocycles. The van der Waals surface area contributed by atoms with Gasteiger partial charge in [0, 0.05) is 5.02 Å². The number of hydrogen-bond donors (Lipinski definition) is 0. The second-order valence-electron chi connectivity index (χ2n) is 2.66. The monoisotopic (exact) mass is 179 g/mol. The van der Waals surface area contributed by atoms with E-state index in [1.54, 1.807) is 0 Å². The summed E-state index contributed by atoms with van der Waals surface area (Å²) in [6.07, 6.45) is 1.40. The lowest BCUT2D eigenvalue weighted by molar-refractivity contribution is 1.12. The van der Waals surface area contributed by atoms with Crippen molar-refractivity contribution in [2.75, 3.05) is 0 Å². The van der Waals surface area contributed by atoms with Crippen LogP contribution in [0, 0.1) is 11.3 Å². The summed E-state index contributed by atoms with van der Waals surface area (Å²) >= 11 is 5.86. The van der Waals surface area contributed by atoms with E-state index in [4.69, 9.17) is 16.9 Å². The standard InChI is InChI=1S/C10H10ClN/c1-2-8-5-9(3-4-12)7-10(11)6-8/h5-7H,2-3H2,1H3. The van der Waals surface area contributed by atoms with Crippen LogP contribution >= 0.6 is 11.6 Å². The molecule has 0 aromatic heterocycles. The molecule has 0 fully saturated rings. The van der Waals surface area contributed by atoms with Crippen LogP contribution in [0.4, 0.5) is 0 Å². The lowest BCUT2D eigenvalue weighted by Gasteiger charge is -2.00. The largest absolute Gasteiger partial charge is 0.198 e. The summed E-state index contributed by atoms with van der Waals surface area (Å²) in [5, 5.41) is 9.20. The number of benzene rings is 1. The third kappa shape index (κ3) is 2.25. The zero-order valence-corrected chi connectivity index (χ0v) is 7.73. The predicted octanol–water partition coefficient (Wildman–Crippen LogP) is 2.97. The number of aryl methyl sites for hydroxylation is 1. The molecule has 2 heteroatoms. The molecule has 0 aliphatic heterocycles. The van der Waals surface area contributed by atoms with E-state index in [0.717, 1.165) is 17.0 Å². The van der Waals surface area contributed by atoms with Crippen LogP contribution in [-0.2, 0) is 12.8 Å². The van der Waals surface area contributed by atoms with Gasteiger partial charge in [0.15, 0.2) is 0 Å². The molecule has 0 aliphatic rings. The molecular formula is C10H10ClN. The van der Waals surface area contributed by atoms with Gasteiger partial charge in [-0.15, -0.1) is 0 Å². The quantitative estimate of drug-likeness (QED) is 0.685. The Bertz CT molecular complexity index is 312. The van der Waals surface area contributed by atoms with Crippen molar-refractivity contribution in [1.82, 2.24) is 0 Å². The van der Waals surface area contributed by atoms with Gasteiger partial charge in [0.25, 0.3) is 0 Å². The van der Waals surface area contributed by atoms with Crippen molar-refractivity contribution in [3.05, 3.63) is 34.3 Å². The highest BCUT2D eigenvalue weighted by molar-refractivity contribution is 6.30. The average molecular weight is 180 g/mol. The van der Waals surface area contributed by atoms with Crippen molar-refractivity contribution < 1.29 is 0 Å². The average Bonchev–Trinajstić information content (AvgIpc) is 2.04. The number of halogens is 1. The molecule has 1 aromatic rings. The minimum Gasteiger partial charge on any atom is -0.198 e. The molecule has 62 valence electrons. The van der Waals surface area contributed by atoms with Gasteiger partial charge in [-0.25, -0.2) is 0 Å². The maximum absolute atomic E-state index is 8.48. The molecule has 1 nitrogen and oxygen atoms in total. The fourth-order valence-corrected chi connectivity index (χ4v) is 1.40. The molecule has 0 bridgehead atoms. The molecule has 0 N–H and O–H groups in total. The molecule has 1 rings (SSSR count). The van der Waals surface area contributed by atoms with E-state index in [1.807, 2.05) is 18.2 Å². The minimum atomic E-state index is 0.438. The zero-order chi connectivity index (χ0) is 8.97. The summed E-state index contributed by atoms with van der Waals surface area (Å²) in [4.78, 5) is 0. The molecular weight excluding hydrogens is 170 g/mol. The highest BCUT2D eigenvalue weighted by Crippen LogP contribution is 2.15. The smallest absolute Gasteiger partial charge is 0.0669 e. The van der Waals surface area contributed by atoms with Crippen LogP contribution in [0.5, 0.6) is 0 Å². The van der Waals surface area contributed by atoms with Crippen LogP contribution in [0.3, 0.4) is 0 Å². The van der Waals surface area contributed by atoms with Crippen molar-refractivity contribution in [2.24, 2.45) is 0 Å². The van der Waals surface area contributed by atoms with Gasteiger partial charge in [0.1, 0.15) is 0 Å². The Labute approximate surface area is 77.6 Å². The molecule has 0 spiro atoms. The van der Waals surface area contributed by atoms with Gasteiger partial charge >= 0.3 is 0 Å². The van der Waals surface area contributed by atoms with Crippen molar-refractivity contribution in [3.8, 4) is 6.07 Å². The predicted molar refractivity (Wildman–Crippen MR) is 50.1 cm³/mol. The van der Waals surface area contributed by atoms with Crippen LogP contribution in [-0.4, -0.2) is 0 Å². The van der Waals surface area contributed by atoms with Crippen molar-refractivity contribution >= 4 is 11.6 Å². The van der Waals surface area contributed by atoms with Crippen molar-refractivity contribution in [1.29, 1.82) is 5.26 Å². The van der Waals surface area contributed by atoms with Crippen LogP contribution in [0.1, 0.15) is 18.1 Å². The maximum Gasteiger partial charge on any atom is 0.0669 e. The van der Waals surface area contributed by atoms with Gasteiger partial charge in [-0.05, 0) is 29.7 Å². The van der Waals surface area contributed by atoms with Crippen LogP contribution in [0.15, 0.2) is 18.2 Å². The number of rotatable bonds is 2. The summed E-state index contributed by atoms with van der Waals surface area (Å²) in [5.74, 6) is 0. The van der Waals surface area contributed by atoms with Gasteiger partial charge in [-0.2, -0.15) is 5.26 Å². The van der Waals surface area contributed by atoms with E-state index in [0.29, 0.717) is 6.42 Å². The van der Waals surface area contributed by atoms with Crippen molar-refractivity contribution in [2.45, 2.75) is 19.8 Å². The van der Waals surface area contributed by atoms with E-state index in [9.17, 15) is 0 Å². The molecule has 1 aromatic carbocycles. The molecule has 0 amide bonds. The molecule has 0 saturated heterocycles. The Morgan fingerprint density at radius 2 is 2.00 bits per heavy atom. The second kappa shape index (κ2) is 4.13. The van der Waals surface area contributed by atoms with Crippen molar-refractivity contribution in [3.63, 3.8) is 0 Å². The lowest BCUT2D eigenvalue weighted by atomic mass is 10.1. The van der Waals surface area contributed by atoms with E-state index in [-0.39, 0.29) is 0 Å². The van der Waals surface area contributed by atoms with Gasteiger partial charge in [-0.1, -0.05) is 24.6 Å². The molecule has 0 unspecified atom stereocenters. The van der Waals surface area contributed by atoms with Crippen LogP contribution < -0.4 is 0 Å². The first-order chi connectivity index (χ1) is 5.76. The first-order valence-corrected chi connectivity index (χ1v) is 4.29. The summed E-state index contributed by atoms with van der Waals surface area (Å²) in [6, 6.07) is 7.90. The van der Waals surface area contributed by atoms with Gasteiger partial charge in [0.2, 0.25) is 0 Å². The second-order valence-corrected chi connectivity index (χ2v) is 3.09. The first-order valence-electron chi connectivity index (χ1n) is 3.91. The molecule has 0 heterocycles. The van der Waals surface area contributed by atoms with Crippen LogP contribution in [0.25, 0.3) is 0 Å². The molecule has 12 heavy (non-hydrogen) atoms. The van der Waals surface area contributed by atoms with E-state index in [2.05, 4.69) is 13.0 Å². The Hall–Kier alpha value is -1.00. The number of hydrogen-bond acceptors (Lipinski definition) is 1. The summed E-state index contributed by atoms with van der Waals surface area (Å²) in [6.45, 7) is 2.07. The first kappa shape index (κ1) is 9.09. The Morgan fingerprint density at radius 1 is 1.33 bits per heavy atom. The fourth-order valence-electron chi connectivity index (χ4n) is 1.11. The SMILES string of the molecule is CCc1cc(Cl)cc(CC#N)c1. The lowest BCUT2D eigenvalue weighted by Crippen LogP contribution is -1.86. The third-order valence-electron chi connectivity index (χ3n) is 1.71. The number of nitriles is 1. The third-order valence-corrected chi connectivity index (χ3v) is 1.93. The molecule has 0 aliphatic carbocycles. The maximum atomic E-state index is 8.48. The highest BCUT2D eigenvalue weighted by atomic mass is 35.5. The number of nitrogens with zero attached hydrogens (tertiary/aromatic N) is 1. The molecule has 0 atom stereocenters. The van der Waals surface area contributed by atoms with Gasteiger partial charge in [-0.3, -0.25) is 0 Å². The Balaban J connectivity index is 2.99. The van der Waals surface area contributed by atoms with Gasteiger partial charge < -0.3 is 0 Å². The molecule has 0 radical (unpaired) electrons. The normalized spacial score (nSPS) is 9.42. The van der Waals surface area contributed by atoms with E-state index < -0.39 is 0 Å². The fraction of sp³-hybridized carbons (Fsp3) is 0.300. The van der Waals surface area contributed by atoms with E-state index >= 15 is 0 Å². The van der Waals surface area contributed by atoms with Crippen LogP contribution in [0.2, 0.25) is 5.02 Å². The topological polar surface area (TPSA) is 23.8 Å². The Kier molecular flexibility index (Phi) is 3.13. The Morgan fingerprint density at radius 3 is 2.58 bits per heavy atom. The summed E-state index contributed by atoms with van der Waals surface area (Å²) in [7, 11) is 0. The summed E-state index contributed by atoms with van der Waals surface area (Å²) < 4.78 is 0. The highest BCUT2D eigenvalue weighted by Gasteiger charge is 1.97. The minimum absolute atomic E-state index is 0.438.